The third-order valence-corrected chi connectivity index (χ3v) is 4.03. The summed E-state index contributed by atoms with van der Waals surface area (Å²) in [7, 11) is -1.23. The SMILES string of the molecule is CCOC(=O)C1=CCN(S(=O)c2ccccc2)C1. The van der Waals surface area contributed by atoms with Gasteiger partial charge in [0.25, 0.3) is 0 Å². The first kappa shape index (κ1) is 13.0. The van der Waals surface area contributed by atoms with Gasteiger partial charge in [-0.05, 0) is 19.1 Å². The lowest BCUT2D eigenvalue weighted by molar-refractivity contribution is -0.138. The average Bonchev–Trinajstić information content (AvgIpc) is 2.89. The van der Waals surface area contributed by atoms with Crippen LogP contribution in [0, 0.1) is 0 Å². The monoisotopic (exact) mass is 265 g/mol. The van der Waals surface area contributed by atoms with Gasteiger partial charge >= 0.3 is 5.97 Å². The van der Waals surface area contributed by atoms with Gasteiger partial charge in [0.2, 0.25) is 0 Å². The summed E-state index contributed by atoms with van der Waals surface area (Å²) in [5.41, 5.74) is 0.584. The van der Waals surface area contributed by atoms with Crippen molar-refractivity contribution < 1.29 is 13.7 Å². The van der Waals surface area contributed by atoms with E-state index in [1.807, 2.05) is 30.3 Å². The number of ether oxygens (including phenoxy) is 1. The quantitative estimate of drug-likeness (QED) is 0.775. The van der Waals surface area contributed by atoms with E-state index < -0.39 is 11.0 Å². The first-order valence-corrected chi connectivity index (χ1v) is 6.91. The van der Waals surface area contributed by atoms with Crippen LogP contribution in [0.25, 0.3) is 0 Å². The van der Waals surface area contributed by atoms with Crippen LogP contribution in [0.1, 0.15) is 6.92 Å². The van der Waals surface area contributed by atoms with E-state index in [1.165, 1.54) is 0 Å². The predicted octanol–water partition coefficient (Wildman–Crippen LogP) is 1.51. The predicted molar refractivity (Wildman–Crippen MR) is 69.1 cm³/mol. The Morgan fingerprint density at radius 3 is 2.78 bits per heavy atom. The van der Waals surface area contributed by atoms with Crippen LogP contribution in [0.2, 0.25) is 0 Å². The molecule has 0 radical (unpaired) electrons. The van der Waals surface area contributed by atoms with Crippen LogP contribution < -0.4 is 0 Å². The molecule has 5 heteroatoms. The number of carbonyl (C=O) groups is 1. The van der Waals surface area contributed by atoms with Gasteiger partial charge in [0.15, 0.2) is 0 Å². The third kappa shape index (κ3) is 2.86. The highest BCUT2D eigenvalue weighted by Crippen LogP contribution is 2.17. The second-order valence-corrected chi connectivity index (χ2v) is 5.32. The summed E-state index contributed by atoms with van der Waals surface area (Å²) in [5, 5.41) is 0. The van der Waals surface area contributed by atoms with Gasteiger partial charge < -0.3 is 4.74 Å². The molecule has 0 spiro atoms. The minimum atomic E-state index is -1.23. The molecule has 0 aliphatic carbocycles. The van der Waals surface area contributed by atoms with Crippen LogP contribution in [0.15, 0.2) is 46.9 Å². The summed E-state index contributed by atoms with van der Waals surface area (Å²) in [6, 6.07) is 9.22. The minimum Gasteiger partial charge on any atom is -0.463 e. The van der Waals surface area contributed by atoms with Crippen molar-refractivity contribution in [2.75, 3.05) is 19.7 Å². The molecular weight excluding hydrogens is 250 g/mol. The Hall–Kier alpha value is -1.46. The average molecular weight is 265 g/mol. The van der Waals surface area contributed by atoms with Crippen LogP contribution in [-0.2, 0) is 20.5 Å². The lowest BCUT2D eigenvalue weighted by Crippen LogP contribution is -2.25. The number of hydrogen-bond donors (Lipinski definition) is 0. The Bertz CT molecular complexity index is 484. The zero-order chi connectivity index (χ0) is 13.0. The summed E-state index contributed by atoms with van der Waals surface area (Å²) in [4.78, 5) is 12.3. The lowest BCUT2D eigenvalue weighted by atomic mass is 10.3. The summed E-state index contributed by atoms with van der Waals surface area (Å²) in [6.45, 7) is 3.02. The molecule has 0 N–H and O–H groups in total. The Kier molecular flexibility index (Phi) is 4.28. The highest BCUT2D eigenvalue weighted by molar-refractivity contribution is 7.82. The molecule has 18 heavy (non-hydrogen) atoms. The molecule has 0 fully saturated rings. The normalized spacial score (nSPS) is 17.3. The van der Waals surface area contributed by atoms with Gasteiger partial charge in [-0.3, -0.25) is 0 Å². The van der Waals surface area contributed by atoms with E-state index in [2.05, 4.69) is 0 Å². The van der Waals surface area contributed by atoms with Crippen molar-refractivity contribution in [2.24, 2.45) is 0 Å². The van der Waals surface area contributed by atoms with Gasteiger partial charge in [-0.2, -0.15) is 0 Å². The van der Waals surface area contributed by atoms with E-state index in [0.717, 1.165) is 4.90 Å². The molecule has 1 aromatic carbocycles. The van der Waals surface area contributed by atoms with Crippen molar-refractivity contribution >= 4 is 17.0 Å². The van der Waals surface area contributed by atoms with E-state index in [0.29, 0.717) is 25.3 Å². The summed E-state index contributed by atoms with van der Waals surface area (Å²) in [6.07, 6.45) is 1.78. The standard InChI is InChI=1S/C13H15NO3S/c1-2-17-13(15)11-8-9-14(10-11)18(16)12-6-4-3-5-7-12/h3-8H,2,9-10H2,1H3. The van der Waals surface area contributed by atoms with Crippen molar-refractivity contribution in [1.82, 2.24) is 4.31 Å². The molecule has 96 valence electrons. The Labute approximate surface area is 109 Å². The zero-order valence-corrected chi connectivity index (χ0v) is 11.0. The number of rotatable bonds is 4. The van der Waals surface area contributed by atoms with Gasteiger partial charge in [-0.25, -0.2) is 13.3 Å². The molecule has 4 nitrogen and oxygen atoms in total. The zero-order valence-electron chi connectivity index (χ0n) is 10.2. The number of benzene rings is 1. The minimum absolute atomic E-state index is 0.315. The third-order valence-electron chi connectivity index (χ3n) is 2.60. The number of hydrogen-bond acceptors (Lipinski definition) is 3. The van der Waals surface area contributed by atoms with E-state index in [4.69, 9.17) is 4.74 Å². The molecule has 2 rings (SSSR count). The molecule has 0 amide bonds. The maximum Gasteiger partial charge on any atom is 0.335 e. The molecule has 0 saturated heterocycles. The molecule has 0 aromatic heterocycles. The van der Waals surface area contributed by atoms with Crippen molar-refractivity contribution in [3.05, 3.63) is 42.0 Å². The van der Waals surface area contributed by atoms with E-state index in [-0.39, 0.29) is 5.97 Å². The maximum absolute atomic E-state index is 12.2. The molecule has 1 aliphatic rings. The number of esters is 1. The van der Waals surface area contributed by atoms with Crippen molar-refractivity contribution in [1.29, 1.82) is 0 Å². The van der Waals surface area contributed by atoms with E-state index in [1.54, 1.807) is 17.3 Å². The second-order valence-electron chi connectivity index (χ2n) is 3.83. The van der Waals surface area contributed by atoms with Gasteiger partial charge in [0.1, 0.15) is 11.0 Å². The largest absolute Gasteiger partial charge is 0.463 e. The molecule has 0 saturated carbocycles. The fraction of sp³-hybridized carbons (Fsp3) is 0.308. The van der Waals surface area contributed by atoms with Gasteiger partial charge in [0, 0.05) is 18.7 Å². The van der Waals surface area contributed by atoms with E-state index in [9.17, 15) is 9.00 Å². The van der Waals surface area contributed by atoms with Gasteiger partial charge in [-0.1, -0.05) is 24.3 Å². The van der Waals surface area contributed by atoms with E-state index >= 15 is 0 Å². The summed E-state index contributed by atoms with van der Waals surface area (Å²) >= 11 is 0. The fourth-order valence-corrected chi connectivity index (χ4v) is 2.87. The molecule has 1 aliphatic heterocycles. The highest BCUT2D eigenvalue weighted by Gasteiger charge is 2.25. The number of nitrogens with zero attached hydrogens (tertiary/aromatic N) is 1. The highest BCUT2D eigenvalue weighted by atomic mass is 32.2. The summed E-state index contributed by atoms with van der Waals surface area (Å²) in [5.74, 6) is -0.315. The molecule has 1 heterocycles. The van der Waals surface area contributed by atoms with Crippen LogP contribution in [-0.4, -0.2) is 34.2 Å². The molecule has 1 unspecified atom stereocenters. The van der Waals surface area contributed by atoms with Crippen LogP contribution in [0.5, 0.6) is 0 Å². The Balaban J connectivity index is 1.99. The maximum atomic E-state index is 12.2. The molecule has 1 atom stereocenters. The topological polar surface area (TPSA) is 46.6 Å². The van der Waals surface area contributed by atoms with Crippen molar-refractivity contribution in [2.45, 2.75) is 11.8 Å². The van der Waals surface area contributed by atoms with Gasteiger partial charge in [-0.15, -0.1) is 0 Å². The fourth-order valence-electron chi connectivity index (χ4n) is 1.72. The van der Waals surface area contributed by atoms with Crippen LogP contribution in [0.3, 0.4) is 0 Å². The molecule has 1 aromatic rings. The smallest absolute Gasteiger partial charge is 0.335 e. The molecular formula is C13H15NO3S. The molecule has 0 bridgehead atoms. The second kappa shape index (κ2) is 5.93. The van der Waals surface area contributed by atoms with Crippen LogP contribution >= 0.6 is 0 Å². The number of carbonyl (C=O) groups excluding carboxylic acids is 1. The summed E-state index contributed by atoms with van der Waals surface area (Å²) < 4.78 is 18.9. The first-order chi connectivity index (χ1) is 8.72. The van der Waals surface area contributed by atoms with Crippen LogP contribution in [0.4, 0.5) is 0 Å². The Morgan fingerprint density at radius 1 is 1.39 bits per heavy atom. The lowest BCUT2D eigenvalue weighted by Gasteiger charge is -2.14. The van der Waals surface area contributed by atoms with Crippen molar-refractivity contribution in [3.63, 3.8) is 0 Å². The Morgan fingerprint density at radius 2 is 2.11 bits per heavy atom. The van der Waals surface area contributed by atoms with Crippen molar-refractivity contribution in [3.8, 4) is 0 Å². The first-order valence-electron chi connectivity index (χ1n) is 5.80. The van der Waals surface area contributed by atoms with Gasteiger partial charge in [0.05, 0.1) is 11.5 Å².